The van der Waals surface area contributed by atoms with Gasteiger partial charge in [-0.15, -0.1) is 0 Å². The predicted octanol–water partition coefficient (Wildman–Crippen LogP) is -0.00500. The van der Waals surface area contributed by atoms with E-state index in [2.05, 4.69) is 10.2 Å². The molecule has 114 valence electrons. The minimum absolute atomic E-state index is 0.0751. The van der Waals surface area contributed by atoms with E-state index in [9.17, 15) is 14.7 Å². The molecule has 0 saturated carbocycles. The van der Waals surface area contributed by atoms with Gasteiger partial charge in [-0.25, -0.2) is 0 Å². The van der Waals surface area contributed by atoms with Crippen molar-refractivity contribution < 1.29 is 14.7 Å². The van der Waals surface area contributed by atoms with Crippen molar-refractivity contribution >= 4 is 11.9 Å². The first-order valence-corrected chi connectivity index (χ1v) is 7.52. The number of amides is 1. The zero-order valence-corrected chi connectivity index (χ0v) is 12.2. The first-order chi connectivity index (χ1) is 9.57. The summed E-state index contributed by atoms with van der Waals surface area (Å²) in [5, 5.41) is 12.7. The standard InChI is InChI=1S/C14H25N3O3/c1-2-3-14(13(19)20)4-7-17(11-14)12(18)10-16-8-5-15-6-9-16/h15H,2-11H2,1H3,(H,19,20). The van der Waals surface area contributed by atoms with Gasteiger partial charge in [0.15, 0.2) is 0 Å². The van der Waals surface area contributed by atoms with Crippen molar-refractivity contribution in [2.24, 2.45) is 5.41 Å². The van der Waals surface area contributed by atoms with Gasteiger partial charge in [0.05, 0.1) is 12.0 Å². The lowest BCUT2D eigenvalue weighted by Gasteiger charge is -2.29. The van der Waals surface area contributed by atoms with Crippen LogP contribution in [0.4, 0.5) is 0 Å². The van der Waals surface area contributed by atoms with Gasteiger partial charge in [0, 0.05) is 39.3 Å². The Balaban J connectivity index is 1.90. The molecule has 2 fully saturated rings. The summed E-state index contributed by atoms with van der Waals surface area (Å²) in [5.74, 6) is -0.678. The van der Waals surface area contributed by atoms with Crippen LogP contribution in [0.2, 0.25) is 0 Å². The fourth-order valence-electron chi connectivity index (χ4n) is 3.21. The van der Waals surface area contributed by atoms with Gasteiger partial charge in [-0.3, -0.25) is 14.5 Å². The molecule has 0 radical (unpaired) electrons. The molecule has 0 spiro atoms. The molecule has 0 bridgehead atoms. The van der Waals surface area contributed by atoms with Crippen molar-refractivity contribution in [1.29, 1.82) is 0 Å². The molecule has 2 aliphatic heterocycles. The third-order valence-corrected chi connectivity index (χ3v) is 4.46. The highest BCUT2D eigenvalue weighted by Crippen LogP contribution is 2.35. The average molecular weight is 283 g/mol. The number of nitrogens with one attached hydrogen (secondary N) is 1. The number of nitrogens with zero attached hydrogens (tertiary/aromatic N) is 2. The number of hydrogen-bond acceptors (Lipinski definition) is 4. The van der Waals surface area contributed by atoms with Crippen molar-refractivity contribution in [2.75, 3.05) is 45.8 Å². The van der Waals surface area contributed by atoms with E-state index in [1.807, 2.05) is 6.92 Å². The minimum atomic E-state index is -0.753. The molecular weight excluding hydrogens is 258 g/mol. The molecular formula is C14H25N3O3. The summed E-state index contributed by atoms with van der Waals surface area (Å²) >= 11 is 0. The van der Waals surface area contributed by atoms with E-state index >= 15 is 0 Å². The highest BCUT2D eigenvalue weighted by atomic mass is 16.4. The maximum atomic E-state index is 12.3. The molecule has 1 unspecified atom stereocenters. The number of aliphatic carboxylic acids is 1. The molecule has 0 aromatic rings. The SMILES string of the molecule is CCCC1(C(=O)O)CCN(C(=O)CN2CCNCC2)C1. The van der Waals surface area contributed by atoms with Gasteiger partial charge < -0.3 is 15.3 Å². The van der Waals surface area contributed by atoms with Crippen LogP contribution in [0.25, 0.3) is 0 Å². The van der Waals surface area contributed by atoms with Crippen LogP contribution in [0.5, 0.6) is 0 Å². The summed E-state index contributed by atoms with van der Waals surface area (Å²) in [6.45, 7) is 6.99. The first kappa shape index (κ1) is 15.3. The molecule has 2 saturated heterocycles. The Morgan fingerprint density at radius 3 is 2.55 bits per heavy atom. The van der Waals surface area contributed by atoms with Crippen LogP contribution in [-0.2, 0) is 9.59 Å². The van der Waals surface area contributed by atoms with Gasteiger partial charge in [0.1, 0.15) is 0 Å². The largest absolute Gasteiger partial charge is 0.481 e. The quantitative estimate of drug-likeness (QED) is 0.743. The van der Waals surface area contributed by atoms with E-state index in [4.69, 9.17) is 0 Å². The molecule has 0 aliphatic carbocycles. The second kappa shape index (κ2) is 6.54. The monoisotopic (exact) mass is 283 g/mol. The zero-order valence-electron chi connectivity index (χ0n) is 12.2. The van der Waals surface area contributed by atoms with Crippen LogP contribution in [0.1, 0.15) is 26.2 Å². The van der Waals surface area contributed by atoms with Gasteiger partial charge >= 0.3 is 5.97 Å². The highest BCUT2D eigenvalue weighted by Gasteiger charge is 2.45. The topological polar surface area (TPSA) is 72.9 Å². The Bertz CT molecular complexity index is 369. The maximum absolute atomic E-state index is 12.3. The lowest BCUT2D eigenvalue weighted by molar-refractivity contribution is -0.149. The fourth-order valence-corrected chi connectivity index (χ4v) is 3.21. The van der Waals surface area contributed by atoms with Crippen molar-refractivity contribution in [3.05, 3.63) is 0 Å². The second-order valence-electron chi connectivity index (χ2n) is 5.93. The summed E-state index contributed by atoms with van der Waals surface area (Å²) in [7, 11) is 0. The third-order valence-electron chi connectivity index (χ3n) is 4.46. The Labute approximate surface area is 120 Å². The molecule has 6 heteroatoms. The van der Waals surface area contributed by atoms with E-state index in [1.165, 1.54) is 0 Å². The predicted molar refractivity (Wildman–Crippen MR) is 75.5 cm³/mol. The normalized spacial score (nSPS) is 27.8. The molecule has 6 nitrogen and oxygen atoms in total. The number of carbonyl (C=O) groups excluding carboxylic acids is 1. The van der Waals surface area contributed by atoms with Crippen molar-refractivity contribution in [3.63, 3.8) is 0 Å². The average Bonchev–Trinajstić information content (AvgIpc) is 2.86. The van der Waals surface area contributed by atoms with Crippen LogP contribution in [0.15, 0.2) is 0 Å². The summed E-state index contributed by atoms with van der Waals surface area (Å²) in [6, 6.07) is 0. The van der Waals surface area contributed by atoms with Crippen LogP contribution >= 0.6 is 0 Å². The van der Waals surface area contributed by atoms with Crippen LogP contribution in [0.3, 0.4) is 0 Å². The van der Waals surface area contributed by atoms with Gasteiger partial charge in [0.25, 0.3) is 0 Å². The molecule has 1 atom stereocenters. The fraction of sp³-hybridized carbons (Fsp3) is 0.857. The molecule has 1 amide bonds. The van der Waals surface area contributed by atoms with Crippen LogP contribution in [0, 0.1) is 5.41 Å². The number of piperazine rings is 1. The smallest absolute Gasteiger partial charge is 0.311 e. The number of likely N-dealkylation sites (tertiary alicyclic amines) is 1. The van der Waals surface area contributed by atoms with Gasteiger partial charge in [-0.2, -0.15) is 0 Å². The second-order valence-corrected chi connectivity index (χ2v) is 5.93. The summed E-state index contributed by atoms with van der Waals surface area (Å²) in [4.78, 5) is 27.7. The van der Waals surface area contributed by atoms with Crippen molar-refractivity contribution in [3.8, 4) is 0 Å². The summed E-state index contributed by atoms with van der Waals surface area (Å²) in [5.41, 5.74) is -0.714. The maximum Gasteiger partial charge on any atom is 0.311 e. The highest BCUT2D eigenvalue weighted by molar-refractivity contribution is 5.81. The minimum Gasteiger partial charge on any atom is -0.481 e. The van der Waals surface area contributed by atoms with E-state index < -0.39 is 11.4 Å². The number of rotatable bonds is 5. The lowest BCUT2D eigenvalue weighted by atomic mass is 9.83. The molecule has 2 N–H and O–H groups in total. The summed E-state index contributed by atoms with van der Waals surface area (Å²) < 4.78 is 0. The van der Waals surface area contributed by atoms with Gasteiger partial charge in [-0.1, -0.05) is 13.3 Å². The first-order valence-electron chi connectivity index (χ1n) is 7.52. The van der Waals surface area contributed by atoms with E-state index in [1.54, 1.807) is 4.90 Å². The number of carboxylic acid groups (broad SMARTS) is 1. The number of carbonyl (C=O) groups is 2. The number of carboxylic acids is 1. The third kappa shape index (κ3) is 3.30. The zero-order chi connectivity index (χ0) is 14.6. The molecule has 0 aromatic heterocycles. The van der Waals surface area contributed by atoms with Crippen LogP contribution < -0.4 is 5.32 Å². The van der Waals surface area contributed by atoms with Crippen LogP contribution in [-0.4, -0.2) is 72.6 Å². The Kier molecular flexibility index (Phi) is 4.99. The Morgan fingerprint density at radius 1 is 1.25 bits per heavy atom. The van der Waals surface area contributed by atoms with Gasteiger partial charge in [-0.05, 0) is 12.8 Å². The van der Waals surface area contributed by atoms with Crippen molar-refractivity contribution in [2.45, 2.75) is 26.2 Å². The molecule has 0 aromatic carbocycles. The van der Waals surface area contributed by atoms with Gasteiger partial charge in [0.2, 0.25) is 5.91 Å². The molecule has 2 heterocycles. The van der Waals surface area contributed by atoms with Crippen molar-refractivity contribution in [1.82, 2.24) is 15.1 Å². The lowest BCUT2D eigenvalue weighted by Crippen LogP contribution is -2.48. The van der Waals surface area contributed by atoms with E-state index in [-0.39, 0.29) is 5.91 Å². The number of hydrogen-bond donors (Lipinski definition) is 2. The molecule has 20 heavy (non-hydrogen) atoms. The molecule has 2 aliphatic rings. The van der Waals surface area contributed by atoms with E-state index in [0.29, 0.717) is 32.5 Å². The summed E-state index contributed by atoms with van der Waals surface area (Å²) in [6.07, 6.45) is 2.08. The Morgan fingerprint density at radius 2 is 1.95 bits per heavy atom. The molecule has 2 rings (SSSR count). The van der Waals surface area contributed by atoms with E-state index in [0.717, 1.165) is 32.6 Å². The Hall–Kier alpha value is -1.14.